The topological polar surface area (TPSA) is 114 Å². The molecule has 0 spiro atoms. The van der Waals surface area contributed by atoms with Crippen molar-refractivity contribution < 1.29 is 27.5 Å². The second-order valence-corrected chi connectivity index (χ2v) is 10.9. The first-order valence-electron chi connectivity index (χ1n) is 11.3. The van der Waals surface area contributed by atoms with Crippen LogP contribution in [0.3, 0.4) is 0 Å². The molecule has 0 saturated carbocycles. The van der Waals surface area contributed by atoms with E-state index < -0.39 is 28.4 Å². The molecule has 2 N–H and O–H groups in total. The third-order valence-electron chi connectivity index (χ3n) is 5.46. The van der Waals surface area contributed by atoms with Crippen LogP contribution >= 0.6 is 23.2 Å². The molecular weight excluding hydrogens is 553 g/mol. The first-order chi connectivity index (χ1) is 18.0. The Hall–Kier alpha value is -3.47. The lowest BCUT2D eigenvalue weighted by Gasteiger charge is -2.23. The third kappa shape index (κ3) is 7.53. The van der Waals surface area contributed by atoms with Crippen molar-refractivity contribution in [2.75, 3.05) is 43.2 Å². The molecule has 0 saturated heterocycles. The van der Waals surface area contributed by atoms with Crippen molar-refractivity contribution in [3.63, 3.8) is 0 Å². The van der Waals surface area contributed by atoms with Gasteiger partial charge in [0.25, 0.3) is 5.91 Å². The second kappa shape index (κ2) is 12.9. The van der Waals surface area contributed by atoms with Crippen LogP contribution in [0.15, 0.2) is 60.7 Å². The van der Waals surface area contributed by atoms with E-state index in [4.69, 9.17) is 32.7 Å². The van der Waals surface area contributed by atoms with Crippen molar-refractivity contribution in [3.05, 3.63) is 81.8 Å². The second-order valence-electron chi connectivity index (χ2n) is 8.15. The minimum absolute atomic E-state index is 0.0741. The minimum atomic E-state index is -3.87. The van der Waals surface area contributed by atoms with Crippen molar-refractivity contribution >= 4 is 56.4 Å². The largest absolute Gasteiger partial charge is 0.493 e. The number of hydrogen-bond acceptors (Lipinski definition) is 6. The number of hydrogen-bond donors (Lipinski definition) is 2. The average molecular weight is 580 g/mol. The molecule has 9 nitrogen and oxygen atoms in total. The van der Waals surface area contributed by atoms with E-state index in [2.05, 4.69) is 10.6 Å². The first-order valence-corrected chi connectivity index (χ1v) is 13.9. The summed E-state index contributed by atoms with van der Waals surface area (Å²) in [4.78, 5) is 25.8. The Labute approximate surface area is 231 Å². The number of nitrogens with zero attached hydrogens (tertiary/aromatic N) is 1. The van der Waals surface area contributed by atoms with Gasteiger partial charge in [-0.3, -0.25) is 13.9 Å². The highest BCUT2D eigenvalue weighted by atomic mass is 35.5. The SMILES string of the molecule is COc1ccc(CCNC(=O)c2ccccc2NC(=O)CN(c2ccc(Cl)cc2Cl)S(C)(=O)=O)cc1OC. The standard InChI is InChI=1S/C26H27Cl2N3O6S/c1-36-23-11-8-17(14-24(23)37-2)12-13-29-26(33)19-6-4-5-7-21(19)30-25(32)16-31(38(3,34)35)22-10-9-18(27)15-20(22)28/h4-11,14-15H,12-13,16H2,1-3H3,(H,29,33)(H,30,32). The zero-order valence-electron chi connectivity index (χ0n) is 21.0. The van der Waals surface area contributed by atoms with E-state index in [1.807, 2.05) is 12.1 Å². The number of amides is 2. The summed E-state index contributed by atoms with van der Waals surface area (Å²) in [5.41, 5.74) is 1.50. The zero-order chi connectivity index (χ0) is 27.9. The van der Waals surface area contributed by atoms with Gasteiger partial charge >= 0.3 is 0 Å². The van der Waals surface area contributed by atoms with E-state index >= 15 is 0 Å². The first kappa shape index (κ1) is 29.1. The van der Waals surface area contributed by atoms with Gasteiger partial charge in [0.1, 0.15) is 6.54 Å². The lowest BCUT2D eigenvalue weighted by Crippen LogP contribution is -2.38. The van der Waals surface area contributed by atoms with Crippen LogP contribution in [0.2, 0.25) is 10.0 Å². The molecule has 0 radical (unpaired) electrons. The Morgan fingerprint density at radius 2 is 1.66 bits per heavy atom. The number of ether oxygens (including phenoxy) is 2. The highest BCUT2D eigenvalue weighted by Gasteiger charge is 2.24. The predicted octanol–water partition coefficient (Wildman–Crippen LogP) is 4.39. The molecule has 0 heterocycles. The van der Waals surface area contributed by atoms with Crippen LogP contribution in [-0.2, 0) is 21.2 Å². The summed E-state index contributed by atoms with van der Waals surface area (Å²) in [6.45, 7) is -0.233. The van der Waals surface area contributed by atoms with Gasteiger partial charge in [0.2, 0.25) is 15.9 Å². The molecule has 202 valence electrons. The number of methoxy groups -OCH3 is 2. The van der Waals surface area contributed by atoms with Gasteiger partial charge in [-0.25, -0.2) is 8.42 Å². The number of halogens is 2. The van der Waals surface area contributed by atoms with Gasteiger partial charge < -0.3 is 20.1 Å². The highest BCUT2D eigenvalue weighted by Crippen LogP contribution is 2.30. The Kier molecular flexibility index (Phi) is 9.84. The maximum Gasteiger partial charge on any atom is 0.253 e. The van der Waals surface area contributed by atoms with Crippen LogP contribution in [0.1, 0.15) is 15.9 Å². The number of carbonyl (C=O) groups excluding carboxylic acids is 2. The fourth-order valence-electron chi connectivity index (χ4n) is 3.63. The Morgan fingerprint density at radius 1 is 0.947 bits per heavy atom. The van der Waals surface area contributed by atoms with Crippen molar-refractivity contribution in [2.45, 2.75) is 6.42 Å². The van der Waals surface area contributed by atoms with Gasteiger partial charge in [0, 0.05) is 11.6 Å². The Morgan fingerprint density at radius 3 is 2.32 bits per heavy atom. The quantitative estimate of drug-likeness (QED) is 0.348. The predicted molar refractivity (Wildman–Crippen MR) is 149 cm³/mol. The summed E-state index contributed by atoms with van der Waals surface area (Å²) >= 11 is 12.1. The van der Waals surface area contributed by atoms with Crippen LogP contribution in [0.5, 0.6) is 11.5 Å². The van der Waals surface area contributed by atoms with Gasteiger partial charge in [0.05, 0.1) is 42.4 Å². The van der Waals surface area contributed by atoms with E-state index in [9.17, 15) is 18.0 Å². The monoisotopic (exact) mass is 579 g/mol. The zero-order valence-corrected chi connectivity index (χ0v) is 23.3. The van der Waals surface area contributed by atoms with Crippen LogP contribution in [-0.4, -0.2) is 53.8 Å². The van der Waals surface area contributed by atoms with Gasteiger partial charge in [-0.2, -0.15) is 0 Å². The van der Waals surface area contributed by atoms with Gasteiger partial charge in [-0.1, -0.05) is 41.4 Å². The Balaban J connectivity index is 1.69. The molecule has 2 amide bonds. The summed E-state index contributed by atoms with van der Waals surface area (Å²) in [5.74, 6) is 0.138. The summed E-state index contributed by atoms with van der Waals surface area (Å²) < 4.78 is 36.3. The lowest BCUT2D eigenvalue weighted by atomic mass is 10.1. The molecule has 0 aliphatic heterocycles. The normalized spacial score (nSPS) is 11.0. The molecule has 0 bridgehead atoms. The van der Waals surface area contributed by atoms with Crippen LogP contribution in [0, 0.1) is 0 Å². The van der Waals surface area contributed by atoms with E-state index in [0.717, 1.165) is 16.1 Å². The average Bonchev–Trinajstić information content (AvgIpc) is 2.87. The van der Waals surface area contributed by atoms with E-state index in [-0.39, 0.29) is 22.0 Å². The molecule has 3 rings (SSSR count). The van der Waals surface area contributed by atoms with Gasteiger partial charge in [0.15, 0.2) is 11.5 Å². The smallest absolute Gasteiger partial charge is 0.253 e. The molecule has 3 aromatic carbocycles. The van der Waals surface area contributed by atoms with E-state index in [1.54, 1.807) is 44.6 Å². The van der Waals surface area contributed by atoms with E-state index in [0.29, 0.717) is 29.5 Å². The maximum absolute atomic E-state index is 12.9. The van der Waals surface area contributed by atoms with Gasteiger partial charge in [-0.05, 0) is 54.4 Å². The van der Waals surface area contributed by atoms with Crippen molar-refractivity contribution in [2.24, 2.45) is 0 Å². The number of sulfonamides is 1. The molecule has 38 heavy (non-hydrogen) atoms. The minimum Gasteiger partial charge on any atom is -0.493 e. The fraction of sp³-hybridized carbons (Fsp3) is 0.231. The summed E-state index contributed by atoms with van der Waals surface area (Å²) in [7, 11) is -0.762. The number of para-hydroxylation sites is 1. The summed E-state index contributed by atoms with van der Waals surface area (Å²) in [6, 6.07) is 16.2. The van der Waals surface area contributed by atoms with E-state index in [1.165, 1.54) is 18.2 Å². The molecule has 3 aromatic rings. The molecule has 12 heteroatoms. The molecule has 0 aliphatic carbocycles. The maximum atomic E-state index is 12.9. The van der Waals surface area contributed by atoms with Crippen molar-refractivity contribution in [1.29, 1.82) is 0 Å². The van der Waals surface area contributed by atoms with Gasteiger partial charge in [-0.15, -0.1) is 0 Å². The highest BCUT2D eigenvalue weighted by molar-refractivity contribution is 7.92. The van der Waals surface area contributed by atoms with Crippen LogP contribution < -0.4 is 24.4 Å². The number of carbonyl (C=O) groups is 2. The number of anilines is 2. The third-order valence-corrected chi connectivity index (χ3v) is 7.12. The molecule has 0 fully saturated rings. The van der Waals surface area contributed by atoms with Crippen molar-refractivity contribution in [3.8, 4) is 11.5 Å². The molecule has 0 atom stereocenters. The summed E-state index contributed by atoms with van der Waals surface area (Å²) in [5, 5.41) is 5.85. The molecule has 0 aromatic heterocycles. The molecule has 0 aliphatic rings. The Bertz CT molecular complexity index is 1430. The summed E-state index contributed by atoms with van der Waals surface area (Å²) in [6.07, 6.45) is 1.50. The van der Waals surface area contributed by atoms with Crippen LogP contribution in [0.25, 0.3) is 0 Å². The lowest BCUT2D eigenvalue weighted by molar-refractivity contribution is -0.114. The van der Waals surface area contributed by atoms with Crippen molar-refractivity contribution in [1.82, 2.24) is 5.32 Å². The number of rotatable bonds is 11. The fourth-order valence-corrected chi connectivity index (χ4v) is 5.06. The molecule has 0 unspecified atom stereocenters. The van der Waals surface area contributed by atoms with Crippen LogP contribution in [0.4, 0.5) is 11.4 Å². The number of nitrogens with one attached hydrogen (secondary N) is 2. The number of benzene rings is 3. The molecular formula is C26H27Cl2N3O6S.